The number of aromatic nitrogens is 5. The second-order valence-electron chi connectivity index (χ2n) is 17.6. The smallest absolute Gasteiger partial charge is 0.164 e. The van der Waals surface area contributed by atoms with E-state index in [0.29, 0.717) is 17.5 Å². The summed E-state index contributed by atoms with van der Waals surface area (Å²) < 4.78 is 11.5. The van der Waals surface area contributed by atoms with Crippen LogP contribution in [0.15, 0.2) is 241 Å². The van der Waals surface area contributed by atoms with Gasteiger partial charge in [-0.25, -0.2) is 15.0 Å². The first-order chi connectivity index (χ1) is 34.2. The van der Waals surface area contributed by atoms with Crippen molar-refractivity contribution < 1.29 is 4.42 Å². The molecule has 6 nitrogen and oxygen atoms in total. The lowest BCUT2D eigenvalue weighted by Crippen LogP contribution is -2.01. The summed E-state index contributed by atoms with van der Waals surface area (Å²) in [6, 6.07) is 83.3. The summed E-state index contributed by atoms with van der Waals surface area (Å²) in [5.41, 5.74) is 15.5. The van der Waals surface area contributed by atoms with E-state index in [1.165, 1.54) is 32.7 Å². The number of rotatable bonds is 7. The maximum atomic E-state index is 6.69. The van der Waals surface area contributed by atoms with E-state index >= 15 is 0 Å². The third-order valence-corrected chi connectivity index (χ3v) is 13.6. The molecule has 0 aliphatic carbocycles. The maximum absolute atomic E-state index is 6.69. The van der Waals surface area contributed by atoms with E-state index in [4.69, 9.17) is 19.4 Å². The van der Waals surface area contributed by atoms with Crippen molar-refractivity contribution in [2.45, 2.75) is 0 Å². The van der Waals surface area contributed by atoms with Crippen LogP contribution in [0.1, 0.15) is 0 Å². The summed E-state index contributed by atoms with van der Waals surface area (Å²) in [6.45, 7) is 0. The summed E-state index contributed by atoms with van der Waals surface area (Å²) in [6.07, 6.45) is 0. The largest absolute Gasteiger partial charge is 0.455 e. The van der Waals surface area contributed by atoms with Crippen molar-refractivity contribution in [3.8, 4) is 67.8 Å². The Hall–Kier alpha value is -9.39. The molecule has 6 heteroatoms. The van der Waals surface area contributed by atoms with Crippen LogP contribution < -0.4 is 0 Å². The van der Waals surface area contributed by atoms with Gasteiger partial charge in [-0.3, -0.25) is 0 Å². The lowest BCUT2D eigenvalue weighted by Gasteiger charge is -2.14. The van der Waals surface area contributed by atoms with Crippen molar-refractivity contribution in [2.24, 2.45) is 0 Å². The average molecular weight is 882 g/mol. The first-order valence-corrected chi connectivity index (χ1v) is 23.3. The molecular weight excluding hydrogens is 843 g/mol. The molecule has 69 heavy (non-hydrogen) atoms. The van der Waals surface area contributed by atoms with E-state index in [-0.39, 0.29) is 0 Å². The van der Waals surface area contributed by atoms with Gasteiger partial charge in [-0.15, -0.1) is 0 Å². The fourth-order valence-corrected chi connectivity index (χ4v) is 10.4. The number of nitrogens with zero attached hydrogens (tertiary/aromatic N) is 5. The van der Waals surface area contributed by atoms with Gasteiger partial charge in [-0.05, 0) is 65.2 Å². The van der Waals surface area contributed by atoms with Crippen molar-refractivity contribution >= 4 is 65.6 Å². The predicted molar refractivity (Wildman–Crippen MR) is 283 cm³/mol. The normalized spacial score (nSPS) is 11.8. The van der Waals surface area contributed by atoms with Gasteiger partial charge in [0.05, 0.1) is 22.1 Å². The van der Waals surface area contributed by atoms with E-state index in [1.807, 2.05) is 36.4 Å². The van der Waals surface area contributed by atoms with Gasteiger partial charge in [-0.1, -0.05) is 188 Å². The van der Waals surface area contributed by atoms with Gasteiger partial charge in [0, 0.05) is 65.9 Å². The van der Waals surface area contributed by atoms with Crippen molar-refractivity contribution in [1.82, 2.24) is 24.1 Å². The van der Waals surface area contributed by atoms with Gasteiger partial charge >= 0.3 is 0 Å². The van der Waals surface area contributed by atoms with E-state index in [2.05, 4.69) is 209 Å². The number of hydrogen-bond donors (Lipinski definition) is 0. The Bertz CT molecular complexity index is 4280. The highest BCUT2D eigenvalue weighted by molar-refractivity contribution is 6.24. The lowest BCUT2D eigenvalue weighted by atomic mass is 10.0. The van der Waals surface area contributed by atoms with Crippen LogP contribution in [0.4, 0.5) is 0 Å². The zero-order chi connectivity index (χ0) is 45.4. The molecule has 0 radical (unpaired) electrons. The highest BCUT2D eigenvalue weighted by Gasteiger charge is 2.22. The number of hydrogen-bond acceptors (Lipinski definition) is 4. The summed E-state index contributed by atoms with van der Waals surface area (Å²) in [5.74, 6) is 1.74. The summed E-state index contributed by atoms with van der Waals surface area (Å²) >= 11 is 0. The molecule has 322 valence electrons. The third kappa shape index (κ3) is 6.30. The Labute approximate surface area is 396 Å². The zero-order valence-corrected chi connectivity index (χ0v) is 37.2. The number of benzene rings is 10. The van der Waals surface area contributed by atoms with Crippen molar-refractivity contribution in [3.63, 3.8) is 0 Å². The van der Waals surface area contributed by atoms with E-state index < -0.39 is 0 Å². The van der Waals surface area contributed by atoms with Gasteiger partial charge in [0.25, 0.3) is 0 Å². The minimum Gasteiger partial charge on any atom is -0.455 e. The minimum atomic E-state index is 0.566. The Morgan fingerprint density at radius 3 is 1.41 bits per heavy atom. The van der Waals surface area contributed by atoms with Gasteiger partial charge < -0.3 is 13.6 Å². The van der Waals surface area contributed by atoms with Crippen LogP contribution >= 0.6 is 0 Å². The quantitative estimate of drug-likeness (QED) is 0.160. The number of para-hydroxylation sites is 3. The molecule has 0 N–H and O–H groups in total. The average Bonchev–Trinajstić information content (AvgIpc) is 4.09. The molecule has 0 atom stereocenters. The molecule has 0 amide bonds. The second kappa shape index (κ2) is 15.6. The Kier molecular flexibility index (Phi) is 8.79. The van der Waals surface area contributed by atoms with Crippen molar-refractivity contribution in [3.05, 3.63) is 237 Å². The Balaban J connectivity index is 0.960. The van der Waals surface area contributed by atoms with Crippen LogP contribution in [0.25, 0.3) is 133 Å². The third-order valence-electron chi connectivity index (χ3n) is 13.6. The van der Waals surface area contributed by atoms with E-state index in [0.717, 1.165) is 83.2 Å². The number of fused-ring (bicyclic) bond motifs is 10. The monoisotopic (exact) mass is 881 g/mol. The molecule has 0 aliphatic rings. The highest BCUT2D eigenvalue weighted by atomic mass is 16.3. The molecule has 0 saturated heterocycles. The molecule has 0 bridgehead atoms. The molecule has 14 rings (SSSR count). The fourth-order valence-electron chi connectivity index (χ4n) is 10.4. The SMILES string of the molecule is c1ccc(-c2ccc(-n3c4ccccc4c4ccc5c6ccccc6n(-c6cccc(-c7nc(-c8ccccc8)nc(-c8ccc9c(c8)oc8c(-c%10ccccc%10)cccc89)n7)c6)c5c43)cc2)cc1. The Morgan fingerprint density at radius 2 is 0.754 bits per heavy atom. The van der Waals surface area contributed by atoms with Crippen molar-refractivity contribution in [2.75, 3.05) is 0 Å². The summed E-state index contributed by atoms with van der Waals surface area (Å²) in [5, 5.41) is 6.87. The lowest BCUT2D eigenvalue weighted by molar-refractivity contribution is 0.670. The summed E-state index contributed by atoms with van der Waals surface area (Å²) in [7, 11) is 0. The van der Waals surface area contributed by atoms with Crippen LogP contribution in [0, 0.1) is 0 Å². The first kappa shape index (κ1) is 38.8. The molecule has 0 saturated carbocycles. The molecule has 14 aromatic rings. The predicted octanol–water partition coefficient (Wildman–Crippen LogP) is 16.3. The number of furan rings is 1. The molecule has 0 aliphatic heterocycles. The van der Waals surface area contributed by atoms with E-state index in [1.54, 1.807) is 0 Å². The summed E-state index contributed by atoms with van der Waals surface area (Å²) in [4.78, 5) is 15.6. The van der Waals surface area contributed by atoms with Gasteiger partial charge in [0.15, 0.2) is 17.5 Å². The zero-order valence-electron chi connectivity index (χ0n) is 37.2. The molecule has 0 spiro atoms. The first-order valence-electron chi connectivity index (χ1n) is 23.3. The maximum Gasteiger partial charge on any atom is 0.164 e. The minimum absolute atomic E-state index is 0.566. The van der Waals surface area contributed by atoms with Gasteiger partial charge in [-0.2, -0.15) is 0 Å². The topological polar surface area (TPSA) is 61.7 Å². The standard InChI is InChI=1S/C63H39N5O/c1-4-16-40(17-5-1)41-30-33-46(34-31-41)67-55-28-12-10-24-49(55)52-36-37-53-50-25-11-13-29-56(50)68(59(53)58(52)67)47-23-14-22-44(38-47)62-64-61(43-20-8-3-9-21-43)65-63(66-62)45-32-35-51-54-27-15-26-48(42-18-6-2-7-19-42)60(54)69-57(51)39-45/h1-39H. The van der Waals surface area contributed by atoms with Crippen LogP contribution in [0.2, 0.25) is 0 Å². The molecule has 0 fully saturated rings. The van der Waals surface area contributed by atoms with Gasteiger partial charge in [0.2, 0.25) is 0 Å². The van der Waals surface area contributed by atoms with Crippen LogP contribution in [0.3, 0.4) is 0 Å². The molecule has 0 unspecified atom stereocenters. The molecule has 4 heterocycles. The fraction of sp³-hybridized carbons (Fsp3) is 0. The molecular formula is C63H39N5O. The molecule has 4 aromatic heterocycles. The molecule has 10 aromatic carbocycles. The Morgan fingerprint density at radius 1 is 0.290 bits per heavy atom. The van der Waals surface area contributed by atoms with Crippen molar-refractivity contribution in [1.29, 1.82) is 0 Å². The van der Waals surface area contributed by atoms with Crippen LogP contribution in [-0.4, -0.2) is 24.1 Å². The van der Waals surface area contributed by atoms with Crippen LogP contribution in [-0.2, 0) is 0 Å². The second-order valence-corrected chi connectivity index (χ2v) is 17.6. The van der Waals surface area contributed by atoms with E-state index in [9.17, 15) is 0 Å². The van der Waals surface area contributed by atoms with Gasteiger partial charge in [0.1, 0.15) is 11.2 Å². The van der Waals surface area contributed by atoms with Crippen LogP contribution in [0.5, 0.6) is 0 Å². The highest BCUT2D eigenvalue weighted by Crippen LogP contribution is 2.43.